The molecule has 0 spiro atoms. The Hall–Kier alpha value is -3.76. The first-order valence-corrected chi connectivity index (χ1v) is 13.4. The molecule has 185 valence electrons. The molecule has 2 aliphatic rings. The van der Waals surface area contributed by atoms with Crippen molar-refractivity contribution >= 4 is 33.5 Å². The second kappa shape index (κ2) is 9.71. The Morgan fingerprint density at radius 3 is 2.53 bits per heavy atom. The van der Waals surface area contributed by atoms with Crippen molar-refractivity contribution < 1.29 is 17.9 Å². The van der Waals surface area contributed by atoms with Gasteiger partial charge in [-0.15, -0.1) is 0 Å². The fourth-order valence-corrected chi connectivity index (χ4v) is 5.45. The van der Waals surface area contributed by atoms with Gasteiger partial charge in [-0.1, -0.05) is 12.1 Å². The van der Waals surface area contributed by atoms with Gasteiger partial charge in [0.1, 0.15) is 11.6 Å². The van der Waals surface area contributed by atoms with Crippen molar-refractivity contribution in [3.05, 3.63) is 71.7 Å². The molecule has 10 heteroatoms. The van der Waals surface area contributed by atoms with Crippen LogP contribution in [-0.2, 0) is 10.0 Å². The number of piperidine rings is 1. The van der Waals surface area contributed by atoms with Crippen LogP contribution in [0.4, 0.5) is 11.5 Å². The van der Waals surface area contributed by atoms with Crippen LogP contribution < -0.4 is 15.4 Å². The number of amides is 1. The summed E-state index contributed by atoms with van der Waals surface area (Å²) < 4.78 is 30.4. The zero-order valence-electron chi connectivity index (χ0n) is 20.0. The summed E-state index contributed by atoms with van der Waals surface area (Å²) in [6.07, 6.45) is 9.42. The summed E-state index contributed by atoms with van der Waals surface area (Å²) in [5, 5.41) is 7.22. The van der Waals surface area contributed by atoms with E-state index in [0.29, 0.717) is 41.8 Å². The molecule has 1 aromatic carbocycles. The second-order valence-electron chi connectivity index (χ2n) is 8.87. The molecule has 0 atom stereocenters. The van der Waals surface area contributed by atoms with Crippen LogP contribution in [0.15, 0.2) is 55.0 Å². The number of aromatic nitrogens is 2. The van der Waals surface area contributed by atoms with Gasteiger partial charge in [-0.05, 0) is 60.2 Å². The summed E-state index contributed by atoms with van der Waals surface area (Å²) in [5.41, 5.74) is 4.49. The van der Waals surface area contributed by atoms with Crippen molar-refractivity contribution in [1.29, 1.82) is 0 Å². The number of hydrogen-bond acceptors (Lipinski definition) is 7. The first-order chi connectivity index (χ1) is 17.3. The molecule has 4 heterocycles. The summed E-state index contributed by atoms with van der Waals surface area (Å²) in [4.78, 5) is 21.6. The third-order valence-corrected chi connectivity index (χ3v) is 7.83. The monoisotopic (exact) mass is 504 g/mol. The molecule has 1 saturated heterocycles. The maximum Gasteiger partial charge on any atom is 0.281 e. The molecule has 9 nitrogen and oxygen atoms in total. The minimum absolute atomic E-state index is 0.303. The summed E-state index contributed by atoms with van der Waals surface area (Å²) in [7, 11) is -1.57. The average molecular weight is 505 g/mol. The third kappa shape index (κ3) is 4.95. The first-order valence-electron chi connectivity index (χ1n) is 11.6. The molecular weight excluding hydrogens is 478 g/mol. The van der Waals surface area contributed by atoms with E-state index in [1.54, 1.807) is 25.6 Å². The van der Waals surface area contributed by atoms with Crippen LogP contribution in [0.3, 0.4) is 0 Å². The van der Waals surface area contributed by atoms with Crippen molar-refractivity contribution in [2.45, 2.75) is 18.8 Å². The fraction of sp³-hybridized carbons (Fsp3) is 0.269. The number of carbonyl (C=O) groups is 1. The molecular formula is C26H26N5O4S. The number of hydrogen-bond donors (Lipinski definition) is 1. The Bertz CT molecular complexity index is 1430. The normalized spacial score (nSPS) is 16.3. The first kappa shape index (κ1) is 24.0. The third-order valence-electron chi connectivity index (χ3n) is 6.52. The highest BCUT2D eigenvalue weighted by Crippen LogP contribution is 2.33. The number of benzene rings is 1. The number of nitrogens with one attached hydrogen (secondary N) is 1. The Morgan fingerprint density at radius 2 is 1.83 bits per heavy atom. The van der Waals surface area contributed by atoms with E-state index in [2.05, 4.69) is 15.6 Å². The van der Waals surface area contributed by atoms with Gasteiger partial charge in [0, 0.05) is 36.7 Å². The molecule has 5 rings (SSSR count). The van der Waals surface area contributed by atoms with E-state index >= 15 is 0 Å². The van der Waals surface area contributed by atoms with Gasteiger partial charge in [0.05, 0.1) is 30.8 Å². The van der Waals surface area contributed by atoms with Gasteiger partial charge in [0.25, 0.3) is 5.91 Å². The fourth-order valence-electron chi connectivity index (χ4n) is 4.58. The number of fused-ring (bicyclic) bond motifs is 1. The van der Waals surface area contributed by atoms with Crippen LogP contribution in [0, 0.1) is 0 Å². The zero-order chi connectivity index (χ0) is 25.3. The summed E-state index contributed by atoms with van der Waals surface area (Å²) in [5.74, 6) is 0.975. The van der Waals surface area contributed by atoms with Crippen LogP contribution in [0.5, 0.6) is 5.75 Å². The molecule has 0 saturated carbocycles. The van der Waals surface area contributed by atoms with Crippen LogP contribution in [0.1, 0.15) is 40.2 Å². The largest absolute Gasteiger partial charge is 0.495 e. The Kier molecular flexibility index (Phi) is 6.46. The van der Waals surface area contributed by atoms with Crippen molar-refractivity contribution in [2.24, 2.45) is 0 Å². The summed E-state index contributed by atoms with van der Waals surface area (Å²) in [6.45, 7) is 1.06. The van der Waals surface area contributed by atoms with Gasteiger partial charge in [-0.25, -0.2) is 23.0 Å². The van der Waals surface area contributed by atoms with Crippen molar-refractivity contribution in [3.8, 4) is 17.0 Å². The highest BCUT2D eigenvalue weighted by molar-refractivity contribution is 7.88. The van der Waals surface area contributed by atoms with E-state index in [0.717, 1.165) is 35.2 Å². The Morgan fingerprint density at radius 1 is 1.08 bits per heavy atom. The molecule has 3 aromatic rings. The van der Waals surface area contributed by atoms with E-state index in [1.807, 2.05) is 36.4 Å². The van der Waals surface area contributed by atoms with E-state index < -0.39 is 10.0 Å². The molecule has 36 heavy (non-hydrogen) atoms. The van der Waals surface area contributed by atoms with Gasteiger partial charge in [-0.3, -0.25) is 9.78 Å². The van der Waals surface area contributed by atoms with Crippen molar-refractivity contribution in [2.75, 3.05) is 31.8 Å². The summed E-state index contributed by atoms with van der Waals surface area (Å²) in [6, 6.07) is 11.7. The van der Waals surface area contributed by atoms with Crippen LogP contribution in [-0.4, -0.2) is 55.1 Å². The highest BCUT2D eigenvalue weighted by atomic mass is 32.2. The van der Waals surface area contributed by atoms with E-state index in [9.17, 15) is 13.2 Å². The SMILES string of the molecule is COc1cncc(-c2cc3c(c(Nc4ccc(C5CCN(S(C)(=O)=O)CC5)cc4)n2)C(=O)[N]C=C3)c1. The smallest absolute Gasteiger partial charge is 0.281 e. The minimum Gasteiger partial charge on any atom is -0.495 e. The topological polar surface area (TPSA) is 116 Å². The molecule has 0 unspecified atom stereocenters. The quantitative estimate of drug-likeness (QED) is 0.543. The van der Waals surface area contributed by atoms with Gasteiger partial charge in [-0.2, -0.15) is 0 Å². The second-order valence-corrected chi connectivity index (χ2v) is 10.8. The molecule has 0 aliphatic carbocycles. The number of pyridine rings is 2. The summed E-state index contributed by atoms with van der Waals surface area (Å²) >= 11 is 0. The number of ether oxygens (including phenoxy) is 1. The lowest BCUT2D eigenvalue weighted by Gasteiger charge is -2.30. The lowest BCUT2D eigenvalue weighted by molar-refractivity contribution is 0.0965. The average Bonchev–Trinajstić information content (AvgIpc) is 2.88. The van der Waals surface area contributed by atoms with Gasteiger partial charge in [0.2, 0.25) is 10.0 Å². The number of anilines is 2. The molecule has 1 amide bonds. The number of methoxy groups -OCH3 is 1. The lowest BCUT2D eigenvalue weighted by Crippen LogP contribution is -2.37. The maximum absolute atomic E-state index is 12.6. The Labute approximate surface area is 210 Å². The molecule has 2 aromatic heterocycles. The van der Waals surface area contributed by atoms with E-state index in [-0.39, 0.29) is 5.91 Å². The molecule has 0 bridgehead atoms. The number of nitrogens with zero attached hydrogens (tertiary/aromatic N) is 4. The van der Waals surface area contributed by atoms with Crippen LogP contribution in [0.25, 0.3) is 17.3 Å². The standard InChI is InChI=1S/C26H26N5O4S/c1-35-22-13-20(15-27-16-22)23-14-19-7-10-28-26(32)24(19)25(30-23)29-21-5-3-17(4-6-21)18-8-11-31(12-9-18)36(2,33)34/h3-7,10,13-16,18H,8-9,11-12H2,1-2H3,(H,29,30). The number of carbonyl (C=O) groups excluding carboxylic acids is 1. The molecule has 2 aliphatic heterocycles. The van der Waals surface area contributed by atoms with Crippen LogP contribution in [0.2, 0.25) is 0 Å². The van der Waals surface area contributed by atoms with Gasteiger partial charge >= 0.3 is 0 Å². The molecule has 1 N–H and O–H groups in total. The van der Waals surface area contributed by atoms with E-state index in [4.69, 9.17) is 9.72 Å². The van der Waals surface area contributed by atoms with E-state index in [1.165, 1.54) is 16.8 Å². The van der Waals surface area contributed by atoms with Crippen LogP contribution >= 0.6 is 0 Å². The Balaban J connectivity index is 1.41. The predicted molar refractivity (Wildman–Crippen MR) is 138 cm³/mol. The zero-order valence-corrected chi connectivity index (χ0v) is 20.8. The number of sulfonamides is 1. The highest BCUT2D eigenvalue weighted by Gasteiger charge is 2.26. The molecule has 1 radical (unpaired) electrons. The maximum atomic E-state index is 12.6. The lowest BCUT2D eigenvalue weighted by atomic mass is 9.90. The molecule has 1 fully saturated rings. The number of rotatable bonds is 6. The van der Waals surface area contributed by atoms with Gasteiger partial charge in [0.15, 0.2) is 0 Å². The predicted octanol–water partition coefficient (Wildman–Crippen LogP) is 3.76. The van der Waals surface area contributed by atoms with Crippen molar-refractivity contribution in [3.63, 3.8) is 0 Å². The van der Waals surface area contributed by atoms with Gasteiger partial charge < -0.3 is 10.1 Å². The minimum atomic E-state index is -3.15. The van der Waals surface area contributed by atoms with Crippen molar-refractivity contribution in [1.82, 2.24) is 19.6 Å².